The molecular weight excluding hydrogens is 376 g/mol. The first-order valence-electron chi connectivity index (χ1n) is 11.3. The Balaban J connectivity index is 1.59. The van der Waals surface area contributed by atoms with E-state index in [9.17, 15) is 0 Å². The van der Waals surface area contributed by atoms with Crippen LogP contribution >= 0.6 is 0 Å². The third-order valence-corrected chi connectivity index (χ3v) is 6.62. The molecule has 1 N–H and O–H groups in total. The second-order valence-electron chi connectivity index (χ2n) is 8.67. The minimum atomic E-state index is 1.17. The molecule has 1 aromatic heterocycles. The van der Waals surface area contributed by atoms with Crippen LogP contribution in [0.4, 0.5) is 11.4 Å². The number of hydrogen-bond acceptors (Lipinski definition) is 1. The van der Waals surface area contributed by atoms with Gasteiger partial charge in [0.2, 0.25) is 0 Å². The van der Waals surface area contributed by atoms with Crippen LogP contribution in [0.25, 0.3) is 27.5 Å². The van der Waals surface area contributed by atoms with Gasteiger partial charge in [0.1, 0.15) is 0 Å². The molecule has 0 amide bonds. The molecule has 0 saturated carbocycles. The Morgan fingerprint density at radius 1 is 0.710 bits per heavy atom. The molecule has 0 spiro atoms. The molecule has 4 aromatic carbocycles. The summed E-state index contributed by atoms with van der Waals surface area (Å²) < 4.78 is 2.39. The van der Waals surface area contributed by atoms with Crippen molar-refractivity contribution in [1.82, 2.24) is 4.57 Å². The molecule has 5 aromatic rings. The number of rotatable bonds is 3. The van der Waals surface area contributed by atoms with E-state index in [4.69, 9.17) is 0 Å². The Morgan fingerprint density at radius 3 is 2.42 bits per heavy atom. The molecule has 2 heteroatoms. The highest BCUT2D eigenvalue weighted by atomic mass is 15.0. The number of aromatic nitrogens is 1. The smallest absolute Gasteiger partial charge is 0.0562 e. The number of aryl methyl sites for hydroxylation is 2. The Kier molecular flexibility index (Phi) is 4.31. The van der Waals surface area contributed by atoms with Gasteiger partial charge in [-0.2, -0.15) is 0 Å². The van der Waals surface area contributed by atoms with E-state index >= 15 is 0 Å². The summed E-state index contributed by atoms with van der Waals surface area (Å²) in [5.41, 5.74) is 10.4. The van der Waals surface area contributed by atoms with E-state index in [-0.39, 0.29) is 0 Å². The van der Waals surface area contributed by atoms with Crippen molar-refractivity contribution in [1.29, 1.82) is 0 Å². The van der Waals surface area contributed by atoms with E-state index in [1.54, 1.807) is 0 Å². The number of fused-ring (bicyclic) bond motifs is 4. The maximum absolute atomic E-state index is 3.83. The van der Waals surface area contributed by atoms with Crippen LogP contribution in [0, 0.1) is 6.92 Å². The highest BCUT2D eigenvalue weighted by Gasteiger charge is 2.17. The first kappa shape index (κ1) is 18.3. The van der Waals surface area contributed by atoms with Crippen LogP contribution in [0.3, 0.4) is 0 Å². The molecule has 31 heavy (non-hydrogen) atoms. The summed E-state index contributed by atoms with van der Waals surface area (Å²) in [7, 11) is 0. The molecule has 152 valence electrons. The maximum atomic E-state index is 3.83. The quantitative estimate of drug-likeness (QED) is 0.327. The van der Waals surface area contributed by atoms with Crippen LogP contribution in [0.5, 0.6) is 0 Å². The molecule has 0 saturated heterocycles. The lowest BCUT2D eigenvalue weighted by Crippen LogP contribution is -2.06. The molecule has 0 atom stereocenters. The monoisotopic (exact) mass is 402 g/mol. The zero-order chi connectivity index (χ0) is 20.8. The van der Waals surface area contributed by atoms with Crippen molar-refractivity contribution < 1.29 is 0 Å². The first-order valence-corrected chi connectivity index (χ1v) is 11.3. The van der Waals surface area contributed by atoms with E-state index in [1.165, 1.54) is 81.2 Å². The molecule has 0 aliphatic heterocycles. The van der Waals surface area contributed by atoms with E-state index in [2.05, 4.69) is 102 Å². The summed E-state index contributed by atoms with van der Waals surface area (Å²) >= 11 is 0. The fourth-order valence-electron chi connectivity index (χ4n) is 5.21. The lowest BCUT2D eigenvalue weighted by molar-refractivity contribution is 0.687. The van der Waals surface area contributed by atoms with Crippen LogP contribution in [0.1, 0.15) is 29.5 Å². The Bertz CT molecular complexity index is 1420. The largest absolute Gasteiger partial charge is 0.355 e. The Hall–Kier alpha value is -3.52. The number of para-hydroxylation sites is 1. The van der Waals surface area contributed by atoms with Crippen LogP contribution in [0.2, 0.25) is 0 Å². The molecule has 6 rings (SSSR count). The highest BCUT2D eigenvalue weighted by molar-refractivity contribution is 6.15. The van der Waals surface area contributed by atoms with Gasteiger partial charge in [-0.3, -0.25) is 0 Å². The second-order valence-corrected chi connectivity index (χ2v) is 8.67. The van der Waals surface area contributed by atoms with Gasteiger partial charge in [0, 0.05) is 27.8 Å². The number of nitrogens with zero attached hydrogens (tertiary/aromatic N) is 1. The van der Waals surface area contributed by atoms with Gasteiger partial charge in [-0.1, -0.05) is 48.5 Å². The number of hydrogen-bond donors (Lipinski definition) is 1. The average Bonchev–Trinajstić information content (AvgIpc) is 3.15. The van der Waals surface area contributed by atoms with Gasteiger partial charge < -0.3 is 9.88 Å². The SMILES string of the molecule is Cc1cccc(-n2c3ccccc3c3c(Nc4cccc5c4CCCC5)cccc32)c1. The van der Waals surface area contributed by atoms with Crippen molar-refractivity contribution in [2.45, 2.75) is 32.6 Å². The van der Waals surface area contributed by atoms with Gasteiger partial charge in [0.05, 0.1) is 11.0 Å². The van der Waals surface area contributed by atoms with E-state index in [0.29, 0.717) is 0 Å². The predicted octanol–water partition coefficient (Wildman–Crippen LogP) is 7.71. The standard InChI is InChI=1S/C29H26N2/c1-20-9-6-12-22(19-20)31-27-17-5-4-14-24(27)29-26(16-8-18-28(29)31)30-25-15-7-11-21-10-2-3-13-23(21)25/h4-9,11-12,14-19,30H,2-3,10,13H2,1H3. The minimum absolute atomic E-state index is 1.17. The second kappa shape index (κ2) is 7.31. The van der Waals surface area contributed by atoms with Crippen molar-refractivity contribution in [3.05, 3.63) is 102 Å². The van der Waals surface area contributed by atoms with Gasteiger partial charge in [0.15, 0.2) is 0 Å². The summed E-state index contributed by atoms with van der Waals surface area (Å²) in [6.45, 7) is 2.16. The molecule has 1 aliphatic rings. The minimum Gasteiger partial charge on any atom is -0.355 e. The third kappa shape index (κ3) is 3.02. The summed E-state index contributed by atoms with van der Waals surface area (Å²) in [5.74, 6) is 0. The van der Waals surface area contributed by atoms with Crippen LogP contribution in [0.15, 0.2) is 84.9 Å². The fourth-order valence-corrected chi connectivity index (χ4v) is 5.21. The van der Waals surface area contributed by atoms with E-state index in [1.807, 2.05) is 0 Å². The Morgan fingerprint density at radius 2 is 1.48 bits per heavy atom. The molecule has 2 nitrogen and oxygen atoms in total. The van der Waals surface area contributed by atoms with Crippen LogP contribution in [-0.2, 0) is 12.8 Å². The fraction of sp³-hybridized carbons (Fsp3) is 0.172. The Labute approximate surface area is 183 Å². The predicted molar refractivity (Wildman–Crippen MR) is 132 cm³/mol. The van der Waals surface area contributed by atoms with Gasteiger partial charge in [-0.25, -0.2) is 0 Å². The molecule has 0 bridgehead atoms. The van der Waals surface area contributed by atoms with E-state index in [0.717, 1.165) is 0 Å². The highest BCUT2D eigenvalue weighted by Crippen LogP contribution is 2.39. The number of benzene rings is 4. The van der Waals surface area contributed by atoms with E-state index < -0.39 is 0 Å². The molecule has 0 radical (unpaired) electrons. The number of nitrogens with one attached hydrogen (secondary N) is 1. The van der Waals surface area contributed by atoms with Gasteiger partial charge >= 0.3 is 0 Å². The summed E-state index contributed by atoms with van der Waals surface area (Å²) in [5, 5.41) is 6.40. The first-order chi connectivity index (χ1) is 15.3. The number of anilines is 2. The lowest BCUT2D eigenvalue weighted by atomic mass is 9.90. The van der Waals surface area contributed by atoms with Gasteiger partial charge in [-0.05, 0) is 85.7 Å². The van der Waals surface area contributed by atoms with Crippen LogP contribution < -0.4 is 5.32 Å². The van der Waals surface area contributed by atoms with Crippen LogP contribution in [-0.4, -0.2) is 4.57 Å². The summed E-state index contributed by atoms with van der Waals surface area (Å²) in [4.78, 5) is 0. The molecule has 1 heterocycles. The average molecular weight is 403 g/mol. The van der Waals surface area contributed by atoms with Gasteiger partial charge in [0.25, 0.3) is 0 Å². The molecule has 1 aliphatic carbocycles. The molecule has 0 unspecified atom stereocenters. The zero-order valence-electron chi connectivity index (χ0n) is 17.9. The van der Waals surface area contributed by atoms with Crippen molar-refractivity contribution >= 4 is 33.2 Å². The van der Waals surface area contributed by atoms with Crippen molar-refractivity contribution in [2.75, 3.05) is 5.32 Å². The maximum Gasteiger partial charge on any atom is 0.0562 e. The molecular formula is C29H26N2. The lowest BCUT2D eigenvalue weighted by Gasteiger charge is -2.20. The van der Waals surface area contributed by atoms with Crippen molar-refractivity contribution in [2.24, 2.45) is 0 Å². The topological polar surface area (TPSA) is 17.0 Å². The molecule has 0 fully saturated rings. The zero-order valence-corrected chi connectivity index (χ0v) is 17.9. The third-order valence-electron chi connectivity index (χ3n) is 6.62. The summed E-state index contributed by atoms with van der Waals surface area (Å²) in [6.07, 6.45) is 4.94. The van der Waals surface area contributed by atoms with Crippen molar-refractivity contribution in [3.63, 3.8) is 0 Å². The normalized spacial score (nSPS) is 13.5. The summed E-state index contributed by atoms with van der Waals surface area (Å²) in [6, 6.07) is 30.9. The van der Waals surface area contributed by atoms with Gasteiger partial charge in [-0.15, -0.1) is 0 Å². The van der Waals surface area contributed by atoms with Crippen molar-refractivity contribution in [3.8, 4) is 5.69 Å².